The van der Waals surface area contributed by atoms with Gasteiger partial charge in [-0.1, -0.05) is 6.07 Å². The lowest BCUT2D eigenvalue weighted by Crippen LogP contribution is -3.13. The van der Waals surface area contributed by atoms with Crippen LogP contribution in [0.2, 0.25) is 0 Å². The molecule has 2 aliphatic heterocycles. The molecule has 4 rings (SSSR count). The number of aryl methyl sites for hydroxylation is 1. The van der Waals surface area contributed by atoms with Gasteiger partial charge < -0.3 is 20.1 Å². The molecule has 0 atom stereocenters. The number of nitrogens with one attached hydrogen (secondary N) is 1. The molecule has 8 nitrogen and oxygen atoms in total. The maximum absolute atomic E-state index is 13.0. The Morgan fingerprint density at radius 2 is 1.83 bits per heavy atom. The summed E-state index contributed by atoms with van der Waals surface area (Å²) in [7, 11) is -3.66. The molecule has 2 aromatic rings. The van der Waals surface area contributed by atoms with Crippen molar-refractivity contribution in [3.63, 3.8) is 0 Å². The van der Waals surface area contributed by atoms with E-state index in [0.29, 0.717) is 31.7 Å². The highest BCUT2D eigenvalue weighted by Crippen LogP contribution is 2.32. The number of rotatable bonds is 5. The summed E-state index contributed by atoms with van der Waals surface area (Å²) in [6.07, 6.45) is 0. The average Bonchev–Trinajstić information content (AvgIpc) is 3.16. The first kappa shape index (κ1) is 19.7. The SMILES string of the molecule is Cc1ccc(S(=O)(=O)N2CC[NH+](Cc3ccc4c(c3)OCO4)CC2)cc1C(N)=O. The number of hydrogen-bond acceptors (Lipinski definition) is 5. The van der Waals surface area contributed by atoms with Crippen molar-refractivity contribution in [2.24, 2.45) is 5.73 Å². The molecule has 0 saturated carbocycles. The minimum atomic E-state index is -3.66. The molecule has 0 unspecified atom stereocenters. The Hall–Kier alpha value is -2.62. The molecule has 3 N–H and O–H groups in total. The number of quaternary nitrogens is 1. The number of piperazine rings is 1. The number of carbonyl (C=O) groups is 1. The minimum Gasteiger partial charge on any atom is -0.454 e. The van der Waals surface area contributed by atoms with Crippen LogP contribution in [-0.2, 0) is 16.6 Å². The number of benzene rings is 2. The number of sulfonamides is 1. The van der Waals surface area contributed by atoms with Gasteiger partial charge in [-0.2, -0.15) is 4.31 Å². The molecule has 0 spiro atoms. The molecule has 0 aromatic heterocycles. The number of primary amides is 1. The summed E-state index contributed by atoms with van der Waals surface area (Å²) < 4.78 is 38.2. The summed E-state index contributed by atoms with van der Waals surface area (Å²) in [4.78, 5) is 13.0. The van der Waals surface area contributed by atoms with Crippen molar-refractivity contribution in [3.8, 4) is 11.5 Å². The Bertz CT molecular complexity index is 1050. The van der Waals surface area contributed by atoms with E-state index in [1.165, 1.54) is 21.3 Å². The van der Waals surface area contributed by atoms with Crippen LogP contribution in [0, 0.1) is 6.92 Å². The van der Waals surface area contributed by atoms with Crippen molar-refractivity contribution in [2.45, 2.75) is 18.4 Å². The van der Waals surface area contributed by atoms with E-state index in [0.717, 1.165) is 23.6 Å². The second kappa shape index (κ2) is 7.66. The first-order valence-corrected chi connectivity index (χ1v) is 10.9. The molecule has 0 aliphatic carbocycles. The molecule has 2 aromatic carbocycles. The van der Waals surface area contributed by atoms with Crippen LogP contribution in [0.25, 0.3) is 0 Å². The summed E-state index contributed by atoms with van der Waals surface area (Å²) in [5, 5.41) is 0. The molecule has 0 bridgehead atoms. The van der Waals surface area contributed by atoms with Gasteiger partial charge in [0.2, 0.25) is 22.7 Å². The van der Waals surface area contributed by atoms with Crippen LogP contribution in [-0.4, -0.2) is 51.6 Å². The van der Waals surface area contributed by atoms with Gasteiger partial charge >= 0.3 is 0 Å². The molecule has 154 valence electrons. The molecule has 29 heavy (non-hydrogen) atoms. The van der Waals surface area contributed by atoms with E-state index in [2.05, 4.69) is 0 Å². The van der Waals surface area contributed by atoms with Gasteiger partial charge in [0.25, 0.3) is 0 Å². The van der Waals surface area contributed by atoms with Gasteiger partial charge in [-0.3, -0.25) is 4.79 Å². The number of hydrogen-bond donors (Lipinski definition) is 2. The van der Waals surface area contributed by atoms with Crippen molar-refractivity contribution in [1.82, 2.24) is 4.31 Å². The van der Waals surface area contributed by atoms with Gasteiger partial charge in [0, 0.05) is 11.1 Å². The third kappa shape index (κ3) is 3.93. The largest absolute Gasteiger partial charge is 0.454 e. The second-order valence-electron chi connectivity index (χ2n) is 7.36. The number of amides is 1. The van der Waals surface area contributed by atoms with Crippen LogP contribution >= 0.6 is 0 Å². The number of fused-ring (bicyclic) bond motifs is 1. The van der Waals surface area contributed by atoms with E-state index >= 15 is 0 Å². The van der Waals surface area contributed by atoms with Crippen LogP contribution in [0.15, 0.2) is 41.3 Å². The normalized spacial score (nSPS) is 17.4. The van der Waals surface area contributed by atoms with E-state index in [9.17, 15) is 13.2 Å². The summed E-state index contributed by atoms with van der Waals surface area (Å²) >= 11 is 0. The first-order valence-electron chi connectivity index (χ1n) is 9.47. The molecule has 2 aliphatic rings. The van der Waals surface area contributed by atoms with Crippen LogP contribution in [0.5, 0.6) is 11.5 Å². The molecule has 2 heterocycles. The Kier molecular flexibility index (Phi) is 5.20. The lowest BCUT2D eigenvalue weighted by Gasteiger charge is -2.31. The molecule has 1 saturated heterocycles. The van der Waals surface area contributed by atoms with Gasteiger partial charge in [0.15, 0.2) is 11.5 Å². The van der Waals surface area contributed by atoms with Gasteiger partial charge in [-0.25, -0.2) is 8.42 Å². The van der Waals surface area contributed by atoms with Crippen molar-refractivity contribution in [2.75, 3.05) is 33.0 Å². The van der Waals surface area contributed by atoms with Crippen molar-refractivity contribution >= 4 is 15.9 Å². The zero-order chi connectivity index (χ0) is 20.6. The third-order valence-electron chi connectivity index (χ3n) is 5.43. The Morgan fingerprint density at radius 3 is 2.55 bits per heavy atom. The summed E-state index contributed by atoms with van der Waals surface area (Å²) in [6, 6.07) is 10.4. The van der Waals surface area contributed by atoms with E-state index in [4.69, 9.17) is 15.2 Å². The van der Waals surface area contributed by atoms with Crippen LogP contribution in [0.1, 0.15) is 21.5 Å². The lowest BCUT2D eigenvalue weighted by molar-refractivity contribution is -0.917. The number of nitrogens with two attached hydrogens (primary N) is 1. The Morgan fingerprint density at radius 1 is 1.10 bits per heavy atom. The van der Waals surface area contributed by atoms with E-state index in [1.54, 1.807) is 13.0 Å². The summed E-state index contributed by atoms with van der Waals surface area (Å²) in [6.45, 7) is 5.00. The van der Waals surface area contributed by atoms with Gasteiger partial charge in [-0.15, -0.1) is 0 Å². The first-order chi connectivity index (χ1) is 13.8. The number of ether oxygens (including phenoxy) is 2. The topological polar surface area (TPSA) is 103 Å². The fourth-order valence-electron chi connectivity index (χ4n) is 3.74. The van der Waals surface area contributed by atoms with Crippen molar-refractivity contribution in [3.05, 3.63) is 53.1 Å². The van der Waals surface area contributed by atoms with E-state index < -0.39 is 15.9 Å². The minimum absolute atomic E-state index is 0.108. The second-order valence-corrected chi connectivity index (χ2v) is 9.30. The van der Waals surface area contributed by atoms with Crippen LogP contribution in [0.4, 0.5) is 0 Å². The van der Waals surface area contributed by atoms with Crippen molar-refractivity contribution in [1.29, 1.82) is 0 Å². The molecule has 1 amide bonds. The zero-order valence-corrected chi connectivity index (χ0v) is 17.0. The predicted molar refractivity (Wildman–Crippen MR) is 105 cm³/mol. The van der Waals surface area contributed by atoms with Gasteiger partial charge in [0.1, 0.15) is 6.54 Å². The highest BCUT2D eigenvalue weighted by molar-refractivity contribution is 7.89. The van der Waals surface area contributed by atoms with Crippen molar-refractivity contribution < 1.29 is 27.6 Å². The summed E-state index contributed by atoms with van der Waals surface area (Å²) in [5.41, 5.74) is 7.39. The maximum atomic E-state index is 13.0. The van der Waals surface area contributed by atoms with Gasteiger partial charge in [-0.05, 0) is 42.8 Å². The quantitative estimate of drug-likeness (QED) is 0.707. The monoisotopic (exact) mass is 418 g/mol. The van der Waals surface area contributed by atoms with Crippen LogP contribution in [0.3, 0.4) is 0 Å². The highest BCUT2D eigenvalue weighted by atomic mass is 32.2. The fourth-order valence-corrected chi connectivity index (χ4v) is 5.20. The average molecular weight is 418 g/mol. The Balaban J connectivity index is 1.42. The molecule has 1 fully saturated rings. The molecular weight excluding hydrogens is 394 g/mol. The Labute approximate surface area is 169 Å². The third-order valence-corrected chi connectivity index (χ3v) is 7.33. The molecular formula is C20H24N3O5S+. The summed E-state index contributed by atoms with van der Waals surface area (Å²) in [5.74, 6) is 0.887. The highest BCUT2D eigenvalue weighted by Gasteiger charge is 2.31. The maximum Gasteiger partial charge on any atom is 0.249 e. The fraction of sp³-hybridized carbons (Fsp3) is 0.350. The number of carbonyl (C=O) groups excluding carboxylic acids is 1. The predicted octanol–water partition coefficient (Wildman–Crippen LogP) is -0.0880. The van der Waals surface area contributed by atoms with Gasteiger partial charge in [0.05, 0.1) is 31.1 Å². The molecule has 0 radical (unpaired) electrons. The van der Waals surface area contributed by atoms with Crippen LogP contribution < -0.4 is 20.1 Å². The zero-order valence-electron chi connectivity index (χ0n) is 16.2. The number of nitrogens with zero attached hydrogens (tertiary/aromatic N) is 1. The lowest BCUT2D eigenvalue weighted by atomic mass is 10.1. The van der Waals surface area contributed by atoms with E-state index in [-0.39, 0.29) is 17.3 Å². The standard InChI is InChI=1S/C20H23N3O5S/c1-14-2-4-16(11-17(14)20(21)24)29(25,26)23-8-6-22(7-9-23)12-15-3-5-18-19(10-15)28-13-27-18/h2-5,10-11H,6-9,12-13H2,1H3,(H2,21,24)/p+1. The molecule has 9 heteroatoms. The smallest absolute Gasteiger partial charge is 0.249 e. The van der Waals surface area contributed by atoms with E-state index in [1.807, 2.05) is 18.2 Å².